The highest BCUT2D eigenvalue weighted by molar-refractivity contribution is 5.88. The summed E-state index contributed by atoms with van der Waals surface area (Å²) in [7, 11) is 0. The van der Waals surface area contributed by atoms with Crippen LogP contribution in [0.5, 0.6) is 11.5 Å². The molecule has 2 atom stereocenters. The van der Waals surface area contributed by atoms with Crippen LogP contribution in [0.2, 0.25) is 0 Å². The number of nitrogens with zero attached hydrogens (tertiary/aromatic N) is 1. The van der Waals surface area contributed by atoms with Gasteiger partial charge in [0.1, 0.15) is 6.04 Å². The molecule has 2 aliphatic rings. The smallest absolute Gasteiger partial charge is 0.243 e. The summed E-state index contributed by atoms with van der Waals surface area (Å²) in [6.45, 7) is 6.66. The monoisotopic (exact) mass is 408 g/mol. The molecule has 0 saturated heterocycles. The van der Waals surface area contributed by atoms with Crippen molar-refractivity contribution in [1.82, 2.24) is 10.2 Å². The zero-order valence-electron chi connectivity index (χ0n) is 17.7. The summed E-state index contributed by atoms with van der Waals surface area (Å²) >= 11 is 0. The normalized spacial score (nSPS) is 18.1. The number of hydrogen-bond donors (Lipinski definition) is 1. The second-order valence-electron chi connectivity index (χ2n) is 8.45. The number of hydrogen-bond acceptors (Lipinski definition) is 4. The van der Waals surface area contributed by atoms with E-state index in [1.807, 2.05) is 63.2 Å². The maximum Gasteiger partial charge on any atom is 0.243 e. The van der Waals surface area contributed by atoms with E-state index in [1.54, 1.807) is 4.90 Å². The van der Waals surface area contributed by atoms with Crippen LogP contribution in [0.3, 0.4) is 0 Å². The number of nitrogens with one attached hydrogen (secondary N) is 1. The Morgan fingerprint density at radius 1 is 1.07 bits per heavy atom. The Balaban J connectivity index is 1.53. The third-order valence-corrected chi connectivity index (χ3v) is 5.71. The predicted octanol–water partition coefficient (Wildman–Crippen LogP) is 3.59. The number of benzene rings is 2. The molecule has 0 fully saturated rings. The number of ether oxygens (including phenoxy) is 2. The van der Waals surface area contributed by atoms with Crippen molar-refractivity contribution in [3.05, 3.63) is 59.2 Å². The van der Waals surface area contributed by atoms with Crippen LogP contribution in [-0.4, -0.2) is 29.5 Å². The lowest BCUT2D eigenvalue weighted by Gasteiger charge is -2.37. The number of carbonyl (C=O) groups is 2. The van der Waals surface area contributed by atoms with Gasteiger partial charge >= 0.3 is 0 Å². The number of rotatable bonds is 5. The minimum Gasteiger partial charge on any atom is -0.454 e. The van der Waals surface area contributed by atoms with Crippen LogP contribution in [-0.2, 0) is 22.6 Å². The molecule has 0 aromatic heterocycles. The lowest BCUT2D eigenvalue weighted by atomic mass is 9.92. The van der Waals surface area contributed by atoms with Gasteiger partial charge in [-0.15, -0.1) is 0 Å². The number of amides is 2. The fourth-order valence-electron chi connectivity index (χ4n) is 4.06. The molecule has 0 aliphatic carbocycles. The van der Waals surface area contributed by atoms with E-state index in [-0.39, 0.29) is 30.6 Å². The molecule has 158 valence electrons. The number of carbonyl (C=O) groups excluding carboxylic acids is 2. The average molecular weight is 408 g/mol. The van der Waals surface area contributed by atoms with E-state index in [0.717, 1.165) is 16.7 Å². The second-order valence-corrected chi connectivity index (χ2v) is 8.45. The van der Waals surface area contributed by atoms with E-state index in [9.17, 15) is 9.59 Å². The summed E-state index contributed by atoms with van der Waals surface area (Å²) in [4.78, 5) is 27.9. The molecule has 2 heterocycles. The van der Waals surface area contributed by atoms with Gasteiger partial charge in [0.2, 0.25) is 18.6 Å². The van der Waals surface area contributed by atoms with Gasteiger partial charge in [-0.3, -0.25) is 9.59 Å². The molecule has 4 rings (SSSR count). The molecule has 2 unspecified atom stereocenters. The van der Waals surface area contributed by atoms with E-state index >= 15 is 0 Å². The fraction of sp³-hybridized carbons (Fsp3) is 0.417. The molecule has 1 N–H and O–H groups in total. The Morgan fingerprint density at radius 3 is 2.57 bits per heavy atom. The first-order valence-electron chi connectivity index (χ1n) is 10.5. The van der Waals surface area contributed by atoms with Gasteiger partial charge in [0.15, 0.2) is 11.5 Å². The quantitative estimate of drug-likeness (QED) is 0.821. The first-order chi connectivity index (χ1) is 14.4. The highest BCUT2D eigenvalue weighted by Crippen LogP contribution is 2.34. The average Bonchev–Trinajstić information content (AvgIpc) is 3.20. The number of fused-ring (bicyclic) bond motifs is 2. The molecule has 0 saturated carbocycles. The highest BCUT2D eigenvalue weighted by Gasteiger charge is 2.35. The Hall–Kier alpha value is -3.02. The van der Waals surface area contributed by atoms with Crippen molar-refractivity contribution in [2.45, 2.75) is 52.2 Å². The minimum atomic E-state index is -0.511. The first kappa shape index (κ1) is 20.3. The summed E-state index contributed by atoms with van der Waals surface area (Å²) < 4.78 is 10.8. The summed E-state index contributed by atoms with van der Waals surface area (Å²) in [5, 5.41) is 3.10. The van der Waals surface area contributed by atoms with Crippen LogP contribution in [0, 0.1) is 5.92 Å². The topological polar surface area (TPSA) is 67.9 Å². The van der Waals surface area contributed by atoms with Crippen molar-refractivity contribution < 1.29 is 19.1 Å². The van der Waals surface area contributed by atoms with Gasteiger partial charge in [-0.25, -0.2) is 0 Å². The Kier molecular flexibility index (Phi) is 5.66. The first-order valence-corrected chi connectivity index (χ1v) is 10.5. The molecule has 0 spiro atoms. The highest BCUT2D eigenvalue weighted by atomic mass is 16.7. The third-order valence-electron chi connectivity index (χ3n) is 5.71. The molecule has 2 amide bonds. The fourth-order valence-corrected chi connectivity index (χ4v) is 4.06. The van der Waals surface area contributed by atoms with Gasteiger partial charge in [-0.1, -0.05) is 44.2 Å². The van der Waals surface area contributed by atoms with E-state index in [0.29, 0.717) is 30.9 Å². The standard InChI is InChI=1S/C24H28N2O4/c1-15(2)10-23(27)26-13-19-7-5-4-6-18(19)11-20(26)24(28)25-16(3)17-8-9-21-22(12-17)30-14-29-21/h4-9,12,15-16,20H,10-11,13-14H2,1-3H3,(H,25,28). The maximum atomic E-state index is 13.3. The van der Waals surface area contributed by atoms with Gasteiger partial charge in [0.05, 0.1) is 6.04 Å². The van der Waals surface area contributed by atoms with Gasteiger partial charge in [0.25, 0.3) is 0 Å². The molecule has 6 heteroatoms. The summed E-state index contributed by atoms with van der Waals surface area (Å²) in [6.07, 6.45) is 0.962. The van der Waals surface area contributed by atoms with Crippen molar-refractivity contribution >= 4 is 11.8 Å². The molecule has 2 aromatic rings. The Labute approximate surface area is 177 Å². The van der Waals surface area contributed by atoms with E-state index < -0.39 is 6.04 Å². The molecular formula is C24H28N2O4. The van der Waals surface area contributed by atoms with Crippen LogP contribution in [0.4, 0.5) is 0 Å². The Morgan fingerprint density at radius 2 is 1.80 bits per heavy atom. The zero-order valence-corrected chi connectivity index (χ0v) is 17.7. The van der Waals surface area contributed by atoms with Crippen LogP contribution in [0.25, 0.3) is 0 Å². The predicted molar refractivity (Wildman–Crippen MR) is 113 cm³/mol. The second kappa shape index (κ2) is 8.38. The van der Waals surface area contributed by atoms with Crippen LogP contribution in [0.1, 0.15) is 49.9 Å². The largest absolute Gasteiger partial charge is 0.454 e. The molecule has 0 bridgehead atoms. The van der Waals surface area contributed by atoms with Crippen LogP contribution in [0.15, 0.2) is 42.5 Å². The van der Waals surface area contributed by atoms with Crippen LogP contribution < -0.4 is 14.8 Å². The summed E-state index contributed by atoms with van der Waals surface area (Å²) in [5.41, 5.74) is 3.17. The SMILES string of the molecule is CC(C)CC(=O)N1Cc2ccccc2CC1C(=O)NC(C)c1ccc2c(c1)OCO2. The summed E-state index contributed by atoms with van der Waals surface area (Å²) in [5.74, 6) is 1.54. The van der Waals surface area contributed by atoms with E-state index in [1.165, 1.54) is 0 Å². The van der Waals surface area contributed by atoms with Crippen molar-refractivity contribution in [3.63, 3.8) is 0 Å². The minimum absolute atomic E-state index is 0.0235. The van der Waals surface area contributed by atoms with Crippen molar-refractivity contribution in [1.29, 1.82) is 0 Å². The zero-order chi connectivity index (χ0) is 21.3. The molecule has 0 radical (unpaired) electrons. The molecular weight excluding hydrogens is 380 g/mol. The van der Waals surface area contributed by atoms with Gasteiger partial charge in [-0.05, 0) is 41.7 Å². The van der Waals surface area contributed by atoms with Crippen molar-refractivity contribution in [2.75, 3.05) is 6.79 Å². The van der Waals surface area contributed by atoms with Crippen LogP contribution >= 0.6 is 0 Å². The van der Waals surface area contributed by atoms with Crippen molar-refractivity contribution in [2.24, 2.45) is 5.92 Å². The van der Waals surface area contributed by atoms with E-state index in [2.05, 4.69) is 5.32 Å². The van der Waals surface area contributed by atoms with Crippen molar-refractivity contribution in [3.8, 4) is 11.5 Å². The van der Waals surface area contributed by atoms with Gasteiger partial charge in [0, 0.05) is 19.4 Å². The Bertz CT molecular complexity index is 956. The molecule has 2 aliphatic heterocycles. The summed E-state index contributed by atoms with van der Waals surface area (Å²) in [6, 6.07) is 13.0. The van der Waals surface area contributed by atoms with Gasteiger partial charge < -0.3 is 19.7 Å². The lowest BCUT2D eigenvalue weighted by Crippen LogP contribution is -2.53. The molecule has 30 heavy (non-hydrogen) atoms. The maximum absolute atomic E-state index is 13.3. The third kappa shape index (κ3) is 4.13. The lowest BCUT2D eigenvalue weighted by molar-refractivity contribution is -0.142. The van der Waals surface area contributed by atoms with Gasteiger partial charge in [-0.2, -0.15) is 0 Å². The van der Waals surface area contributed by atoms with E-state index in [4.69, 9.17) is 9.47 Å². The molecule has 2 aromatic carbocycles. The molecule has 6 nitrogen and oxygen atoms in total.